The Morgan fingerprint density at radius 3 is 2.95 bits per heavy atom. The molecule has 0 N–H and O–H groups in total. The fraction of sp³-hybridized carbons (Fsp3) is 0.500. The number of nitrogens with zero attached hydrogens (tertiary/aromatic N) is 2. The number of aromatic nitrogens is 1. The number of benzene rings is 1. The van der Waals surface area contributed by atoms with E-state index < -0.39 is 0 Å². The normalized spacial score (nSPS) is 17.2. The zero-order valence-corrected chi connectivity index (χ0v) is 13.4. The highest BCUT2D eigenvalue weighted by atomic mass is 32.2. The molecule has 1 aliphatic rings. The lowest BCUT2D eigenvalue weighted by atomic mass is 9.91. The highest BCUT2D eigenvalue weighted by Gasteiger charge is 2.24. The van der Waals surface area contributed by atoms with E-state index in [4.69, 9.17) is 4.52 Å². The molecule has 0 radical (unpaired) electrons. The van der Waals surface area contributed by atoms with Crippen LogP contribution in [0.3, 0.4) is 0 Å². The van der Waals surface area contributed by atoms with E-state index in [1.165, 1.54) is 23.9 Å². The Balaban J connectivity index is 1.59. The van der Waals surface area contributed by atoms with E-state index in [0.717, 1.165) is 49.3 Å². The first-order valence-corrected chi connectivity index (χ1v) is 8.52. The van der Waals surface area contributed by atoms with Gasteiger partial charge < -0.3 is 9.42 Å². The van der Waals surface area contributed by atoms with Gasteiger partial charge in [0.25, 0.3) is 0 Å². The summed E-state index contributed by atoms with van der Waals surface area (Å²) < 4.78 is 18.5. The third-order valence-electron chi connectivity index (χ3n) is 4.15. The van der Waals surface area contributed by atoms with Crippen molar-refractivity contribution in [2.75, 3.05) is 25.4 Å². The van der Waals surface area contributed by atoms with Crippen molar-refractivity contribution < 1.29 is 13.7 Å². The van der Waals surface area contributed by atoms with Crippen molar-refractivity contribution in [1.29, 1.82) is 0 Å². The Bertz CT molecular complexity index is 665. The first kappa shape index (κ1) is 15.5. The SMILES string of the molecule is CC(=O)SCCN1CCC(c2noc3cc(F)ccc23)CC1. The van der Waals surface area contributed by atoms with Crippen LogP contribution in [-0.4, -0.2) is 40.6 Å². The Hall–Kier alpha value is -1.40. The molecule has 2 heterocycles. The molecular formula is C16H19FN2O2S. The second-order valence-electron chi connectivity index (χ2n) is 5.66. The summed E-state index contributed by atoms with van der Waals surface area (Å²) in [5.41, 5.74) is 1.48. The number of hydrogen-bond donors (Lipinski definition) is 0. The molecule has 1 aromatic heterocycles. The second kappa shape index (κ2) is 6.79. The Kier molecular flexibility index (Phi) is 4.78. The van der Waals surface area contributed by atoms with E-state index in [-0.39, 0.29) is 10.9 Å². The number of carbonyl (C=O) groups excluding carboxylic acids is 1. The molecule has 118 valence electrons. The number of thioether (sulfide) groups is 1. The van der Waals surface area contributed by atoms with Crippen molar-refractivity contribution in [3.05, 3.63) is 29.7 Å². The quantitative estimate of drug-likeness (QED) is 0.863. The van der Waals surface area contributed by atoms with Gasteiger partial charge >= 0.3 is 0 Å². The number of fused-ring (bicyclic) bond motifs is 1. The van der Waals surface area contributed by atoms with Crippen LogP contribution in [-0.2, 0) is 4.79 Å². The van der Waals surface area contributed by atoms with E-state index in [1.807, 2.05) is 0 Å². The minimum absolute atomic E-state index is 0.177. The maximum Gasteiger partial charge on any atom is 0.185 e. The van der Waals surface area contributed by atoms with Gasteiger partial charge in [-0.05, 0) is 38.1 Å². The van der Waals surface area contributed by atoms with Gasteiger partial charge in [0.1, 0.15) is 5.82 Å². The molecule has 0 bridgehead atoms. The van der Waals surface area contributed by atoms with Gasteiger partial charge in [0, 0.05) is 36.6 Å². The van der Waals surface area contributed by atoms with Crippen LogP contribution in [0.2, 0.25) is 0 Å². The molecule has 0 aliphatic carbocycles. The third kappa shape index (κ3) is 3.50. The van der Waals surface area contributed by atoms with Crippen LogP contribution in [0.4, 0.5) is 4.39 Å². The molecular weight excluding hydrogens is 303 g/mol. The van der Waals surface area contributed by atoms with E-state index >= 15 is 0 Å². The molecule has 1 aromatic carbocycles. The fourth-order valence-corrected chi connectivity index (χ4v) is 3.61. The van der Waals surface area contributed by atoms with Crippen LogP contribution >= 0.6 is 11.8 Å². The zero-order valence-electron chi connectivity index (χ0n) is 12.5. The van der Waals surface area contributed by atoms with Crippen LogP contribution in [0.15, 0.2) is 22.7 Å². The summed E-state index contributed by atoms with van der Waals surface area (Å²) in [6.07, 6.45) is 2.04. The molecule has 22 heavy (non-hydrogen) atoms. The molecule has 0 spiro atoms. The Morgan fingerprint density at radius 1 is 1.45 bits per heavy atom. The molecule has 1 saturated heterocycles. The lowest BCUT2D eigenvalue weighted by Gasteiger charge is -2.30. The standard InChI is InChI=1S/C16H19FN2O2S/c1-11(20)22-9-8-19-6-4-12(5-7-19)16-14-3-2-13(17)10-15(14)21-18-16/h2-3,10,12H,4-9H2,1H3. The maximum atomic E-state index is 13.2. The smallest absolute Gasteiger partial charge is 0.185 e. The summed E-state index contributed by atoms with van der Waals surface area (Å²) in [5.74, 6) is 0.919. The predicted octanol–water partition coefficient (Wildman–Crippen LogP) is 3.43. The number of hydrogen-bond acceptors (Lipinski definition) is 5. The number of rotatable bonds is 4. The molecule has 2 aromatic rings. The number of carbonyl (C=O) groups is 1. The summed E-state index contributed by atoms with van der Waals surface area (Å²) in [5, 5.41) is 5.26. The van der Waals surface area contributed by atoms with Crippen LogP contribution < -0.4 is 0 Å². The van der Waals surface area contributed by atoms with Crippen LogP contribution in [0, 0.1) is 5.82 Å². The van der Waals surface area contributed by atoms with Gasteiger partial charge in [-0.1, -0.05) is 16.9 Å². The topological polar surface area (TPSA) is 46.3 Å². The van der Waals surface area contributed by atoms with Gasteiger partial charge in [-0.15, -0.1) is 0 Å². The summed E-state index contributed by atoms with van der Waals surface area (Å²) >= 11 is 1.38. The van der Waals surface area contributed by atoms with Crippen molar-refractivity contribution in [2.24, 2.45) is 0 Å². The minimum atomic E-state index is -0.298. The van der Waals surface area contributed by atoms with E-state index in [2.05, 4.69) is 10.1 Å². The van der Waals surface area contributed by atoms with Gasteiger partial charge in [-0.25, -0.2) is 4.39 Å². The first-order chi connectivity index (χ1) is 10.6. The summed E-state index contributed by atoms with van der Waals surface area (Å²) in [6.45, 7) is 4.55. The van der Waals surface area contributed by atoms with Crippen molar-refractivity contribution in [1.82, 2.24) is 10.1 Å². The highest BCUT2D eigenvalue weighted by Crippen LogP contribution is 2.32. The van der Waals surface area contributed by atoms with Gasteiger partial charge in [0.15, 0.2) is 10.7 Å². The van der Waals surface area contributed by atoms with Gasteiger partial charge in [0.2, 0.25) is 0 Å². The average molecular weight is 322 g/mol. The van der Waals surface area contributed by atoms with Gasteiger partial charge in [-0.3, -0.25) is 4.79 Å². The summed E-state index contributed by atoms with van der Waals surface area (Å²) in [6, 6.07) is 4.60. The lowest BCUT2D eigenvalue weighted by molar-refractivity contribution is -0.109. The molecule has 0 saturated carbocycles. The van der Waals surface area contributed by atoms with Crippen LogP contribution in [0.1, 0.15) is 31.4 Å². The average Bonchev–Trinajstić information content (AvgIpc) is 2.90. The monoisotopic (exact) mass is 322 g/mol. The Labute approximate surface area is 133 Å². The lowest BCUT2D eigenvalue weighted by Crippen LogP contribution is -2.34. The Morgan fingerprint density at radius 2 is 2.23 bits per heavy atom. The molecule has 6 heteroatoms. The molecule has 3 rings (SSSR count). The second-order valence-corrected chi connectivity index (χ2v) is 6.94. The zero-order chi connectivity index (χ0) is 15.5. The number of halogens is 1. The minimum Gasteiger partial charge on any atom is -0.356 e. The fourth-order valence-electron chi connectivity index (χ4n) is 2.97. The molecule has 1 fully saturated rings. The van der Waals surface area contributed by atoms with Crippen molar-refractivity contribution >= 4 is 27.8 Å². The maximum absolute atomic E-state index is 13.2. The largest absolute Gasteiger partial charge is 0.356 e. The van der Waals surface area contributed by atoms with Crippen molar-refractivity contribution in [3.63, 3.8) is 0 Å². The van der Waals surface area contributed by atoms with Crippen LogP contribution in [0.5, 0.6) is 0 Å². The highest BCUT2D eigenvalue weighted by molar-refractivity contribution is 8.13. The molecule has 1 aliphatic heterocycles. The van der Waals surface area contributed by atoms with E-state index in [1.54, 1.807) is 13.0 Å². The third-order valence-corrected chi connectivity index (χ3v) is 4.94. The number of piperidine rings is 1. The van der Waals surface area contributed by atoms with Crippen LogP contribution in [0.25, 0.3) is 11.0 Å². The first-order valence-electron chi connectivity index (χ1n) is 7.54. The van der Waals surface area contributed by atoms with E-state index in [0.29, 0.717) is 11.5 Å². The van der Waals surface area contributed by atoms with Gasteiger partial charge in [-0.2, -0.15) is 0 Å². The summed E-state index contributed by atoms with van der Waals surface area (Å²) in [4.78, 5) is 13.3. The molecule has 0 amide bonds. The summed E-state index contributed by atoms with van der Waals surface area (Å²) in [7, 11) is 0. The van der Waals surface area contributed by atoms with E-state index in [9.17, 15) is 9.18 Å². The molecule has 0 atom stereocenters. The van der Waals surface area contributed by atoms with Crippen molar-refractivity contribution in [3.8, 4) is 0 Å². The van der Waals surface area contributed by atoms with Gasteiger partial charge in [0.05, 0.1) is 5.69 Å². The van der Waals surface area contributed by atoms with Crippen molar-refractivity contribution in [2.45, 2.75) is 25.7 Å². The molecule has 4 nitrogen and oxygen atoms in total. The number of likely N-dealkylation sites (tertiary alicyclic amines) is 1. The predicted molar refractivity (Wildman–Crippen MR) is 85.5 cm³/mol. The molecule has 0 unspecified atom stereocenters.